The number of hydrogen-bond donors (Lipinski definition) is 0. The number of benzene rings is 2. The smallest absolute Gasteiger partial charge is 0.379 e. The van der Waals surface area contributed by atoms with Gasteiger partial charge in [-0.25, -0.2) is 4.79 Å². The zero-order valence-corrected chi connectivity index (χ0v) is 15.0. The van der Waals surface area contributed by atoms with Crippen LogP contribution in [0.4, 0.5) is 0 Å². The number of pyridine rings is 1. The number of Topliss-reactive ketones (excluding diaryl/α,β-unsaturated/α-hetero) is 1. The lowest BCUT2D eigenvalue weighted by molar-refractivity contribution is 0.0703. The lowest BCUT2D eigenvalue weighted by atomic mass is 10.1. The average molecular weight is 383 g/mol. The van der Waals surface area contributed by atoms with Crippen LogP contribution in [-0.4, -0.2) is 16.7 Å². The number of furan rings is 1. The maximum atomic E-state index is 12.5. The summed E-state index contributed by atoms with van der Waals surface area (Å²) < 4.78 is 16.6. The van der Waals surface area contributed by atoms with E-state index >= 15 is 0 Å². The van der Waals surface area contributed by atoms with Crippen molar-refractivity contribution in [3.8, 4) is 11.5 Å². The summed E-state index contributed by atoms with van der Waals surface area (Å²) in [6.07, 6.45) is 3.21. The maximum absolute atomic E-state index is 12.5. The number of rotatable bonds is 3. The van der Waals surface area contributed by atoms with Gasteiger partial charge in [0.05, 0.1) is 11.3 Å². The molecule has 0 N–H and O–H groups in total. The van der Waals surface area contributed by atoms with E-state index in [1.165, 1.54) is 6.07 Å². The van der Waals surface area contributed by atoms with Crippen molar-refractivity contribution in [2.45, 2.75) is 0 Å². The summed E-state index contributed by atoms with van der Waals surface area (Å²) in [4.78, 5) is 29.1. The highest BCUT2D eigenvalue weighted by molar-refractivity contribution is 6.14. The molecule has 0 spiro atoms. The van der Waals surface area contributed by atoms with Gasteiger partial charge in [-0.05, 0) is 36.4 Å². The number of fused-ring (bicyclic) bond motifs is 2. The summed E-state index contributed by atoms with van der Waals surface area (Å²) in [6, 6.07) is 18.9. The number of nitrogens with zero attached hydrogens (tertiary/aromatic N) is 1. The molecular formula is C23H13NO5. The molecule has 0 amide bonds. The van der Waals surface area contributed by atoms with E-state index in [4.69, 9.17) is 13.9 Å². The van der Waals surface area contributed by atoms with Gasteiger partial charge in [0.25, 0.3) is 0 Å². The van der Waals surface area contributed by atoms with E-state index in [-0.39, 0.29) is 23.1 Å². The van der Waals surface area contributed by atoms with Gasteiger partial charge < -0.3 is 13.9 Å². The average Bonchev–Trinajstić information content (AvgIpc) is 3.30. The van der Waals surface area contributed by atoms with E-state index in [0.717, 1.165) is 5.39 Å². The van der Waals surface area contributed by atoms with Gasteiger partial charge in [-0.2, -0.15) is 0 Å². The van der Waals surface area contributed by atoms with Crippen molar-refractivity contribution in [2.75, 3.05) is 0 Å². The van der Waals surface area contributed by atoms with Crippen LogP contribution in [0, 0.1) is 0 Å². The maximum Gasteiger partial charge on any atom is 0.379 e. The first-order chi connectivity index (χ1) is 14.2. The third kappa shape index (κ3) is 3.17. The van der Waals surface area contributed by atoms with Crippen molar-refractivity contribution in [1.82, 2.24) is 4.98 Å². The van der Waals surface area contributed by atoms with Crippen LogP contribution in [0.5, 0.6) is 11.5 Å². The van der Waals surface area contributed by atoms with Crippen LogP contribution in [-0.2, 0) is 0 Å². The zero-order valence-electron chi connectivity index (χ0n) is 15.0. The minimum atomic E-state index is -0.630. The number of para-hydroxylation sites is 1. The number of hydrogen-bond acceptors (Lipinski definition) is 6. The number of ketones is 1. The molecule has 140 valence electrons. The molecule has 0 saturated carbocycles. The first-order valence-corrected chi connectivity index (χ1v) is 8.87. The predicted octanol–water partition coefficient (Wildman–Crippen LogP) is 4.66. The third-order valence-electron chi connectivity index (χ3n) is 4.45. The van der Waals surface area contributed by atoms with Gasteiger partial charge in [-0.3, -0.25) is 9.78 Å². The van der Waals surface area contributed by atoms with Crippen LogP contribution in [0.15, 0.2) is 83.1 Å². The largest absolute Gasteiger partial charge is 0.452 e. The molecule has 0 saturated heterocycles. The van der Waals surface area contributed by atoms with Crippen LogP contribution in [0.2, 0.25) is 0 Å². The standard InChI is InChI=1S/C23H13NO5/c25-22-17-9-8-16(13-19(17)29-20(22)12-15-6-3-4-10-24-15)27-23(26)21-11-14-5-1-2-7-18(14)28-21/h1-13H/b20-12-. The molecule has 2 aromatic heterocycles. The first-order valence-electron chi connectivity index (χ1n) is 8.87. The fourth-order valence-electron chi connectivity index (χ4n) is 3.07. The Balaban J connectivity index is 1.38. The van der Waals surface area contributed by atoms with E-state index in [9.17, 15) is 9.59 Å². The van der Waals surface area contributed by atoms with Crippen molar-refractivity contribution in [1.29, 1.82) is 0 Å². The summed E-state index contributed by atoms with van der Waals surface area (Å²) in [5.41, 5.74) is 1.61. The van der Waals surface area contributed by atoms with Crippen molar-refractivity contribution >= 4 is 28.8 Å². The Bertz CT molecular complexity index is 1250. The normalized spacial score (nSPS) is 14.1. The molecule has 6 nitrogen and oxygen atoms in total. The van der Waals surface area contributed by atoms with Crippen LogP contribution < -0.4 is 9.47 Å². The van der Waals surface area contributed by atoms with E-state index in [0.29, 0.717) is 22.6 Å². The molecule has 0 radical (unpaired) electrons. The molecule has 0 bridgehead atoms. The molecule has 0 unspecified atom stereocenters. The van der Waals surface area contributed by atoms with E-state index < -0.39 is 5.97 Å². The zero-order chi connectivity index (χ0) is 19.8. The number of aromatic nitrogens is 1. The Morgan fingerprint density at radius 2 is 1.86 bits per heavy atom. The van der Waals surface area contributed by atoms with E-state index in [1.807, 2.05) is 24.3 Å². The van der Waals surface area contributed by atoms with Crippen molar-refractivity contribution in [2.24, 2.45) is 0 Å². The summed E-state index contributed by atoms with van der Waals surface area (Å²) in [7, 11) is 0. The van der Waals surface area contributed by atoms with E-state index in [1.54, 1.807) is 48.7 Å². The summed E-state index contributed by atoms with van der Waals surface area (Å²) in [5.74, 6) is -0.0393. The SMILES string of the molecule is O=C(Oc1ccc2c(c1)O/C(=C\c1ccccn1)C2=O)c1cc2ccccc2o1. The molecule has 3 heterocycles. The predicted molar refractivity (Wildman–Crippen MR) is 105 cm³/mol. The van der Waals surface area contributed by atoms with Gasteiger partial charge in [0.15, 0.2) is 5.76 Å². The number of ether oxygens (including phenoxy) is 2. The number of allylic oxidation sites excluding steroid dienone is 1. The molecule has 5 rings (SSSR count). The molecule has 0 aliphatic carbocycles. The van der Waals surface area contributed by atoms with Crippen LogP contribution in [0.3, 0.4) is 0 Å². The number of esters is 1. The molecule has 4 aromatic rings. The Morgan fingerprint density at radius 3 is 2.69 bits per heavy atom. The van der Waals surface area contributed by atoms with E-state index in [2.05, 4.69) is 4.98 Å². The monoisotopic (exact) mass is 383 g/mol. The van der Waals surface area contributed by atoms with Gasteiger partial charge in [0, 0.05) is 23.7 Å². The van der Waals surface area contributed by atoms with Crippen molar-refractivity contribution in [3.05, 3.63) is 95.7 Å². The Kier molecular flexibility index (Phi) is 3.95. The third-order valence-corrected chi connectivity index (χ3v) is 4.45. The van der Waals surface area contributed by atoms with Crippen LogP contribution >= 0.6 is 0 Å². The lowest BCUT2D eigenvalue weighted by Gasteiger charge is -2.04. The highest BCUT2D eigenvalue weighted by Gasteiger charge is 2.28. The second-order valence-corrected chi connectivity index (χ2v) is 6.39. The Hall–Kier alpha value is -4.19. The second-order valence-electron chi connectivity index (χ2n) is 6.39. The van der Waals surface area contributed by atoms with Crippen LogP contribution in [0.1, 0.15) is 26.6 Å². The van der Waals surface area contributed by atoms with Crippen molar-refractivity contribution in [3.63, 3.8) is 0 Å². The van der Waals surface area contributed by atoms with Gasteiger partial charge in [-0.1, -0.05) is 24.3 Å². The fraction of sp³-hybridized carbons (Fsp3) is 0. The van der Waals surface area contributed by atoms with Gasteiger partial charge >= 0.3 is 5.97 Å². The number of carbonyl (C=O) groups is 2. The van der Waals surface area contributed by atoms with Gasteiger partial charge in [0.2, 0.25) is 11.5 Å². The van der Waals surface area contributed by atoms with Crippen molar-refractivity contribution < 1.29 is 23.5 Å². The molecule has 0 atom stereocenters. The fourth-order valence-corrected chi connectivity index (χ4v) is 3.07. The molecule has 6 heteroatoms. The minimum Gasteiger partial charge on any atom is -0.452 e. The lowest BCUT2D eigenvalue weighted by Crippen LogP contribution is -2.07. The molecule has 1 aliphatic rings. The van der Waals surface area contributed by atoms with Gasteiger partial charge in [0.1, 0.15) is 17.1 Å². The summed E-state index contributed by atoms with van der Waals surface area (Å²) >= 11 is 0. The molecule has 0 fully saturated rings. The first kappa shape index (κ1) is 16.9. The van der Waals surface area contributed by atoms with Crippen LogP contribution in [0.25, 0.3) is 17.0 Å². The summed E-state index contributed by atoms with van der Waals surface area (Å²) in [5, 5.41) is 0.812. The topological polar surface area (TPSA) is 78.6 Å². The molecule has 29 heavy (non-hydrogen) atoms. The second kappa shape index (κ2) is 6.76. The molecule has 1 aliphatic heterocycles. The van der Waals surface area contributed by atoms with Gasteiger partial charge in [-0.15, -0.1) is 0 Å². The Morgan fingerprint density at radius 1 is 1.00 bits per heavy atom. The molecular weight excluding hydrogens is 370 g/mol. The quantitative estimate of drug-likeness (QED) is 0.291. The summed E-state index contributed by atoms with van der Waals surface area (Å²) in [6.45, 7) is 0. The number of carbonyl (C=O) groups excluding carboxylic acids is 2. The molecule has 2 aromatic carbocycles. The Labute approximate surface area is 165 Å². The highest BCUT2D eigenvalue weighted by Crippen LogP contribution is 2.35. The highest BCUT2D eigenvalue weighted by atomic mass is 16.5. The minimum absolute atomic E-state index is 0.0967.